The lowest BCUT2D eigenvalue weighted by atomic mass is 10.2. The largest absolute Gasteiger partial charge is 0.481 e. The normalized spacial score (nSPS) is 10.6. The number of carboxylic acid groups (broad SMARTS) is 1. The molecule has 2 aromatic rings. The van der Waals surface area contributed by atoms with E-state index in [4.69, 9.17) is 9.52 Å². The van der Waals surface area contributed by atoms with Gasteiger partial charge < -0.3 is 14.4 Å². The van der Waals surface area contributed by atoms with Crippen LogP contribution in [-0.4, -0.2) is 33.9 Å². The van der Waals surface area contributed by atoms with Crippen LogP contribution in [0.5, 0.6) is 0 Å². The number of amides is 1. The molecule has 1 N–H and O–H groups in total. The molecule has 0 aliphatic rings. The zero-order valence-electron chi connectivity index (χ0n) is 10.7. The van der Waals surface area contributed by atoms with E-state index < -0.39 is 18.3 Å². The zero-order chi connectivity index (χ0) is 14.0. The van der Waals surface area contributed by atoms with E-state index in [2.05, 4.69) is 4.98 Å². The van der Waals surface area contributed by atoms with Gasteiger partial charge >= 0.3 is 5.97 Å². The summed E-state index contributed by atoms with van der Waals surface area (Å²) in [5.74, 6) is -0.970. The average Bonchev–Trinajstić information content (AvgIpc) is 2.67. The molecular formula is C13H14N2O4. The Morgan fingerprint density at radius 3 is 2.84 bits per heavy atom. The number of aromatic nitrogens is 1. The van der Waals surface area contributed by atoms with Crippen molar-refractivity contribution in [2.75, 3.05) is 7.05 Å². The van der Waals surface area contributed by atoms with Gasteiger partial charge in [-0.15, -0.1) is 0 Å². The van der Waals surface area contributed by atoms with Gasteiger partial charge in [0, 0.05) is 20.5 Å². The van der Waals surface area contributed by atoms with E-state index in [1.54, 1.807) is 20.0 Å². The fourth-order valence-corrected chi connectivity index (χ4v) is 1.81. The minimum atomic E-state index is -1.13. The first kappa shape index (κ1) is 13.1. The number of carbonyl (C=O) groups is 2. The summed E-state index contributed by atoms with van der Waals surface area (Å²) in [6, 6.07) is 5.46. The summed E-state index contributed by atoms with van der Waals surface area (Å²) >= 11 is 0. The van der Waals surface area contributed by atoms with Gasteiger partial charge in [-0.1, -0.05) is 6.07 Å². The summed E-state index contributed by atoms with van der Waals surface area (Å²) in [4.78, 5) is 27.6. The molecule has 0 radical (unpaired) electrons. The van der Waals surface area contributed by atoms with Crippen LogP contribution in [0, 0.1) is 6.92 Å². The van der Waals surface area contributed by atoms with E-state index in [0.717, 1.165) is 11.1 Å². The third kappa shape index (κ3) is 3.09. The SMILES string of the molecule is Cc1nc2ccc(CN(C)C(=O)CC(=O)O)cc2o1. The van der Waals surface area contributed by atoms with Crippen molar-refractivity contribution in [3.05, 3.63) is 29.7 Å². The molecule has 0 atom stereocenters. The van der Waals surface area contributed by atoms with Crippen LogP contribution in [0.1, 0.15) is 17.9 Å². The molecule has 0 fully saturated rings. The second kappa shape index (κ2) is 5.09. The Balaban J connectivity index is 2.12. The summed E-state index contributed by atoms with van der Waals surface area (Å²) in [5, 5.41) is 8.57. The van der Waals surface area contributed by atoms with Gasteiger partial charge in [-0.25, -0.2) is 4.98 Å². The first-order valence-corrected chi connectivity index (χ1v) is 5.77. The molecule has 0 bridgehead atoms. The summed E-state index contributed by atoms with van der Waals surface area (Å²) in [5.41, 5.74) is 2.29. The molecule has 2 rings (SSSR count). The fourth-order valence-electron chi connectivity index (χ4n) is 1.81. The van der Waals surface area contributed by atoms with Crippen LogP contribution < -0.4 is 0 Å². The fraction of sp³-hybridized carbons (Fsp3) is 0.308. The van der Waals surface area contributed by atoms with Crippen molar-refractivity contribution in [2.45, 2.75) is 19.9 Å². The van der Waals surface area contributed by atoms with E-state index in [1.807, 2.05) is 12.1 Å². The van der Waals surface area contributed by atoms with E-state index in [1.165, 1.54) is 4.90 Å². The standard InChI is InChI=1S/C13H14N2O4/c1-8-14-10-4-3-9(5-11(10)19-8)7-15(2)12(16)6-13(17)18/h3-5H,6-7H2,1-2H3,(H,17,18). The molecule has 1 aromatic carbocycles. The molecule has 1 amide bonds. The third-order valence-corrected chi connectivity index (χ3v) is 2.71. The van der Waals surface area contributed by atoms with Crippen molar-refractivity contribution in [3.8, 4) is 0 Å². The third-order valence-electron chi connectivity index (χ3n) is 2.71. The van der Waals surface area contributed by atoms with Crippen LogP contribution in [0.4, 0.5) is 0 Å². The van der Waals surface area contributed by atoms with Gasteiger partial charge in [0.2, 0.25) is 5.91 Å². The number of rotatable bonds is 4. The number of hydrogen-bond acceptors (Lipinski definition) is 4. The molecule has 6 heteroatoms. The molecule has 0 saturated carbocycles. The van der Waals surface area contributed by atoms with Crippen LogP contribution in [-0.2, 0) is 16.1 Å². The molecular weight excluding hydrogens is 248 g/mol. The van der Waals surface area contributed by atoms with Crippen LogP contribution in [0.15, 0.2) is 22.6 Å². The lowest BCUT2D eigenvalue weighted by Crippen LogP contribution is -2.27. The summed E-state index contributed by atoms with van der Waals surface area (Å²) in [7, 11) is 1.57. The molecule has 1 aromatic heterocycles. The Hall–Kier alpha value is -2.37. The lowest BCUT2D eigenvalue weighted by molar-refractivity contribution is -0.143. The van der Waals surface area contributed by atoms with Crippen molar-refractivity contribution in [1.82, 2.24) is 9.88 Å². The Kier molecular flexibility index (Phi) is 3.50. The topological polar surface area (TPSA) is 83.6 Å². The van der Waals surface area contributed by atoms with Gasteiger partial charge in [0.15, 0.2) is 11.5 Å². The predicted molar refractivity (Wildman–Crippen MR) is 67.5 cm³/mol. The van der Waals surface area contributed by atoms with Crippen LogP contribution >= 0.6 is 0 Å². The van der Waals surface area contributed by atoms with Crippen molar-refractivity contribution in [2.24, 2.45) is 0 Å². The van der Waals surface area contributed by atoms with E-state index >= 15 is 0 Å². The predicted octanol–water partition coefficient (Wildman–Crippen LogP) is 1.57. The highest BCUT2D eigenvalue weighted by Crippen LogP contribution is 2.17. The Labute approximate surface area is 109 Å². The van der Waals surface area contributed by atoms with E-state index in [0.29, 0.717) is 18.0 Å². The maximum atomic E-state index is 11.5. The number of carbonyl (C=O) groups excluding carboxylic acids is 1. The molecule has 1 heterocycles. The van der Waals surface area contributed by atoms with Crippen molar-refractivity contribution < 1.29 is 19.1 Å². The highest BCUT2D eigenvalue weighted by atomic mass is 16.4. The number of nitrogens with zero attached hydrogens (tertiary/aromatic N) is 2. The number of benzene rings is 1. The molecule has 100 valence electrons. The van der Waals surface area contributed by atoms with Gasteiger partial charge in [0.1, 0.15) is 11.9 Å². The van der Waals surface area contributed by atoms with E-state index in [9.17, 15) is 9.59 Å². The number of fused-ring (bicyclic) bond motifs is 1. The van der Waals surface area contributed by atoms with Gasteiger partial charge in [0.05, 0.1) is 0 Å². The lowest BCUT2D eigenvalue weighted by Gasteiger charge is -2.16. The average molecular weight is 262 g/mol. The Bertz CT molecular complexity index is 633. The highest BCUT2D eigenvalue weighted by Gasteiger charge is 2.13. The Morgan fingerprint density at radius 1 is 1.42 bits per heavy atom. The molecule has 0 aliphatic carbocycles. The van der Waals surface area contributed by atoms with E-state index in [-0.39, 0.29) is 0 Å². The summed E-state index contributed by atoms with van der Waals surface area (Å²) in [6.45, 7) is 2.10. The molecule has 0 aliphatic heterocycles. The number of carboxylic acids is 1. The molecule has 0 spiro atoms. The molecule has 0 saturated heterocycles. The number of aliphatic carboxylic acids is 1. The first-order chi connectivity index (χ1) is 8.95. The second-order valence-corrected chi connectivity index (χ2v) is 4.36. The number of oxazole rings is 1. The van der Waals surface area contributed by atoms with Gasteiger partial charge in [0.25, 0.3) is 0 Å². The monoisotopic (exact) mass is 262 g/mol. The smallest absolute Gasteiger partial charge is 0.312 e. The summed E-state index contributed by atoms with van der Waals surface area (Å²) < 4.78 is 5.41. The second-order valence-electron chi connectivity index (χ2n) is 4.36. The quantitative estimate of drug-likeness (QED) is 0.845. The summed E-state index contributed by atoms with van der Waals surface area (Å²) in [6.07, 6.45) is -0.500. The maximum absolute atomic E-state index is 11.5. The number of aryl methyl sites for hydroxylation is 1. The van der Waals surface area contributed by atoms with Gasteiger partial charge in [-0.2, -0.15) is 0 Å². The van der Waals surface area contributed by atoms with Crippen molar-refractivity contribution in [1.29, 1.82) is 0 Å². The van der Waals surface area contributed by atoms with Crippen molar-refractivity contribution in [3.63, 3.8) is 0 Å². The minimum absolute atomic E-state index is 0.335. The molecule has 0 unspecified atom stereocenters. The zero-order valence-corrected chi connectivity index (χ0v) is 10.7. The minimum Gasteiger partial charge on any atom is -0.481 e. The van der Waals surface area contributed by atoms with Crippen LogP contribution in [0.25, 0.3) is 11.1 Å². The van der Waals surface area contributed by atoms with Crippen LogP contribution in [0.2, 0.25) is 0 Å². The molecule has 6 nitrogen and oxygen atoms in total. The van der Waals surface area contributed by atoms with Crippen LogP contribution in [0.3, 0.4) is 0 Å². The van der Waals surface area contributed by atoms with Gasteiger partial charge in [-0.3, -0.25) is 9.59 Å². The highest BCUT2D eigenvalue weighted by molar-refractivity contribution is 5.93. The maximum Gasteiger partial charge on any atom is 0.312 e. The molecule has 19 heavy (non-hydrogen) atoms. The number of hydrogen-bond donors (Lipinski definition) is 1. The van der Waals surface area contributed by atoms with Gasteiger partial charge in [-0.05, 0) is 17.7 Å². The Morgan fingerprint density at radius 2 is 2.16 bits per heavy atom. The first-order valence-electron chi connectivity index (χ1n) is 5.77. The van der Waals surface area contributed by atoms with Crippen molar-refractivity contribution >= 4 is 23.0 Å².